The van der Waals surface area contributed by atoms with E-state index in [-0.39, 0.29) is 0 Å². The molecule has 12 heavy (non-hydrogen) atoms. The maximum absolute atomic E-state index is 5.85. The zero-order valence-corrected chi connectivity index (χ0v) is 8.78. The largest absolute Gasteiger partial charge is 0.332 e. The first kappa shape index (κ1) is 8.22. The van der Waals surface area contributed by atoms with Gasteiger partial charge in [-0.3, -0.25) is 0 Å². The van der Waals surface area contributed by atoms with Gasteiger partial charge >= 0.3 is 0 Å². The second kappa shape index (κ2) is 3.16. The first-order valence-corrected chi connectivity index (χ1v) is 5.05. The Bertz CT molecular complexity index is 400. The molecular weight excluding hydrogens is 264 g/mol. The Morgan fingerprint density at radius 1 is 1.58 bits per heavy atom. The van der Waals surface area contributed by atoms with Crippen molar-refractivity contribution < 1.29 is 4.52 Å². The maximum atomic E-state index is 5.85. The van der Waals surface area contributed by atoms with Crippen LogP contribution in [0.25, 0.3) is 10.8 Å². The summed E-state index contributed by atoms with van der Waals surface area (Å²) in [5.74, 6) is 0.446. The number of hydrogen-bond donors (Lipinski definition) is 0. The minimum absolute atomic E-state index is 0.432. The molecule has 0 N–H and O–H groups in total. The van der Waals surface area contributed by atoms with Crippen molar-refractivity contribution >= 4 is 38.9 Å². The lowest BCUT2D eigenvalue weighted by Gasteiger charge is -1.85. The molecule has 0 aliphatic carbocycles. The molecule has 0 saturated heterocycles. The molecule has 0 radical (unpaired) electrons. The molecule has 3 nitrogen and oxygen atoms in total. The summed E-state index contributed by atoms with van der Waals surface area (Å²) in [7, 11) is 0. The van der Waals surface area contributed by atoms with E-state index in [0.717, 1.165) is 4.88 Å². The van der Waals surface area contributed by atoms with Gasteiger partial charge < -0.3 is 4.52 Å². The predicted octanol–water partition coefficient (Wildman–Crippen LogP) is 3.21. The number of halogens is 2. The van der Waals surface area contributed by atoms with Gasteiger partial charge in [-0.05, 0) is 32.5 Å². The molecule has 0 unspecified atom stereocenters. The SMILES string of the molecule is Clc1ccsc1-c1nc(Br)no1. The van der Waals surface area contributed by atoms with Crippen molar-refractivity contribution in [1.82, 2.24) is 10.1 Å². The summed E-state index contributed by atoms with van der Waals surface area (Å²) in [6, 6.07) is 1.79. The van der Waals surface area contributed by atoms with Crippen LogP contribution in [0.1, 0.15) is 0 Å². The summed E-state index contributed by atoms with van der Waals surface area (Å²) in [5, 5.41) is 6.10. The van der Waals surface area contributed by atoms with E-state index < -0.39 is 0 Å². The standard InChI is InChI=1S/C6H2BrClN2OS/c7-6-9-5(11-10-6)4-3(8)1-2-12-4/h1-2H. The predicted molar refractivity (Wildman–Crippen MR) is 50.3 cm³/mol. The second-order valence-corrected chi connectivity index (χ2v) is 4.00. The fourth-order valence-corrected chi connectivity index (χ4v) is 2.03. The van der Waals surface area contributed by atoms with Crippen molar-refractivity contribution in [3.05, 3.63) is 21.2 Å². The number of hydrogen-bond acceptors (Lipinski definition) is 4. The maximum Gasteiger partial charge on any atom is 0.270 e. The van der Waals surface area contributed by atoms with Crippen molar-refractivity contribution in [2.75, 3.05) is 0 Å². The molecule has 0 bridgehead atoms. The average molecular weight is 266 g/mol. The van der Waals surface area contributed by atoms with Crippen molar-refractivity contribution in [1.29, 1.82) is 0 Å². The van der Waals surface area contributed by atoms with E-state index in [1.54, 1.807) is 6.07 Å². The normalized spacial score (nSPS) is 10.5. The first-order chi connectivity index (χ1) is 5.77. The molecule has 0 fully saturated rings. The highest BCUT2D eigenvalue weighted by molar-refractivity contribution is 9.10. The van der Waals surface area contributed by atoms with Crippen molar-refractivity contribution in [3.8, 4) is 10.8 Å². The van der Waals surface area contributed by atoms with E-state index in [1.165, 1.54) is 11.3 Å². The summed E-state index contributed by atoms with van der Waals surface area (Å²) in [5.41, 5.74) is 0. The Kier molecular flexibility index (Phi) is 2.16. The van der Waals surface area contributed by atoms with E-state index in [9.17, 15) is 0 Å². The minimum Gasteiger partial charge on any atom is -0.332 e. The molecule has 2 heterocycles. The highest BCUT2D eigenvalue weighted by atomic mass is 79.9. The van der Waals surface area contributed by atoms with Crippen LogP contribution in [0.3, 0.4) is 0 Å². The van der Waals surface area contributed by atoms with Gasteiger partial charge in [0.05, 0.1) is 5.02 Å². The van der Waals surface area contributed by atoms with Crippen LogP contribution in [0, 0.1) is 0 Å². The Hall–Kier alpha value is -0.390. The van der Waals surface area contributed by atoms with Crippen LogP contribution in [0.4, 0.5) is 0 Å². The monoisotopic (exact) mass is 264 g/mol. The van der Waals surface area contributed by atoms with Gasteiger partial charge in [0.15, 0.2) is 0 Å². The highest BCUT2D eigenvalue weighted by Gasteiger charge is 2.11. The molecule has 0 amide bonds. The molecular formula is C6H2BrClN2OS. The third kappa shape index (κ3) is 1.39. The smallest absolute Gasteiger partial charge is 0.270 e. The molecule has 2 aromatic rings. The Balaban J connectivity index is 2.50. The third-order valence-electron chi connectivity index (χ3n) is 1.21. The van der Waals surface area contributed by atoms with Crippen LogP contribution < -0.4 is 0 Å². The van der Waals surface area contributed by atoms with E-state index in [0.29, 0.717) is 15.6 Å². The summed E-state index contributed by atoms with van der Waals surface area (Å²) in [6.07, 6.45) is 0. The molecule has 0 spiro atoms. The van der Waals surface area contributed by atoms with Gasteiger partial charge in [-0.25, -0.2) is 0 Å². The lowest BCUT2D eigenvalue weighted by Crippen LogP contribution is -1.70. The van der Waals surface area contributed by atoms with Crippen molar-refractivity contribution in [2.45, 2.75) is 0 Å². The van der Waals surface area contributed by atoms with Gasteiger partial charge in [0.25, 0.3) is 5.89 Å². The lowest BCUT2D eigenvalue weighted by atomic mass is 10.5. The van der Waals surface area contributed by atoms with Crippen LogP contribution in [-0.2, 0) is 0 Å². The zero-order valence-electron chi connectivity index (χ0n) is 5.62. The molecule has 0 atom stereocenters. The van der Waals surface area contributed by atoms with Crippen LogP contribution in [0.15, 0.2) is 20.7 Å². The van der Waals surface area contributed by atoms with Gasteiger partial charge in [0, 0.05) is 0 Å². The zero-order chi connectivity index (χ0) is 8.55. The molecule has 0 saturated carbocycles. The minimum atomic E-state index is 0.432. The number of rotatable bonds is 1. The lowest BCUT2D eigenvalue weighted by molar-refractivity contribution is 0.427. The summed E-state index contributed by atoms with van der Waals surface area (Å²) in [6.45, 7) is 0. The molecule has 0 aliphatic heterocycles. The number of aromatic nitrogens is 2. The fraction of sp³-hybridized carbons (Fsp3) is 0. The number of thiophene rings is 1. The van der Waals surface area contributed by atoms with E-state index >= 15 is 0 Å². The third-order valence-corrected chi connectivity index (χ3v) is 2.86. The fourth-order valence-electron chi connectivity index (χ4n) is 0.744. The molecule has 0 aromatic carbocycles. The van der Waals surface area contributed by atoms with Gasteiger partial charge in [-0.2, -0.15) is 4.98 Å². The Labute approximate surface area is 85.5 Å². The topological polar surface area (TPSA) is 38.9 Å². The quantitative estimate of drug-likeness (QED) is 0.795. The van der Waals surface area contributed by atoms with E-state index in [2.05, 4.69) is 26.1 Å². The Morgan fingerprint density at radius 2 is 2.42 bits per heavy atom. The summed E-state index contributed by atoms with van der Waals surface area (Å²) >= 11 is 10.4. The van der Waals surface area contributed by atoms with E-state index in [1.807, 2.05) is 5.38 Å². The Morgan fingerprint density at radius 3 is 2.92 bits per heavy atom. The summed E-state index contributed by atoms with van der Waals surface area (Å²) < 4.78 is 5.34. The molecule has 2 aromatic heterocycles. The van der Waals surface area contributed by atoms with Crippen molar-refractivity contribution in [3.63, 3.8) is 0 Å². The van der Waals surface area contributed by atoms with E-state index in [4.69, 9.17) is 16.1 Å². The molecule has 2 rings (SSSR count). The van der Waals surface area contributed by atoms with Gasteiger partial charge in [-0.15, -0.1) is 11.3 Å². The van der Waals surface area contributed by atoms with Crippen molar-refractivity contribution in [2.24, 2.45) is 0 Å². The van der Waals surface area contributed by atoms with Crippen LogP contribution in [0.5, 0.6) is 0 Å². The first-order valence-electron chi connectivity index (χ1n) is 3.00. The van der Waals surface area contributed by atoms with Gasteiger partial charge in [-0.1, -0.05) is 11.6 Å². The van der Waals surface area contributed by atoms with Crippen LogP contribution in [-0.4, -0.2) is 10.1 Å². The molecule has 62 valence electrons. The average Bonchev–Trinajstić information content (AvgIpc) is 2.58. The highest BCUT2D eigenvalue weighted by Crippen LogP contribution is 2.32. The molecule has 6 heteroatoms. The van der Waals surface area contributed by atoms with Crippen LogP contribution >= 0.6 is 38.9 Å². The van der Waals surface area contributed by atoms with Crippen LogP contribution in [0.2, 0.25) is 5.02 Å². The second-order valence-electron chi connectivity index (χ2n) is 1.97. The van der Waals surface area contributed by atoms with Gasteiger partial charge in [0.1, 0.15) is 4.88 Å². The molecule has 0 aliphatic rings. The summed E-state index contributed by atoms with van der Waals surface area (Å²) in [4.78, 5) is 4.78. The van der Waals surface area contributed by atoms with Gasteiger partial charge in [0.2, 0.25) is 4.73 Å². The number of nitrogens with zero attached hydrogens (tertiary/aromatic N) is 2.